The fourth-order valence-electron chi connectivity index (χ4n) is 2.51. The minimum atomic E-state index is -3.40. The molecule has 1 aliphatic rings. The molecule has 1 heterocycles. The highest BCUT2D eigenvalue weighted by Crippen LogP contribution is 2.26. The van der Waals surface area contributed by atoms with Gasteiger partial charge in [0.05, 0.1) is 4.91 Å². The fraction of sp³-hybridized carbons (Fsp3) is 0.333. The van der Waals surface area contributed by atoms with Gasteiger partial charge in [0.1, 0.15) is 12.7 Å². The molecule has 0 aliphatic heterocycles. The van der Waals surface area contributed by atoms with Crippen LogP contribution < -0.4 is 4.72 Å². The molecule has 6 nitrogen and oxygen atoms in total. The Morgan fingerprint density at radius 2 is 2.09 bits per heavy atom. The molecule has 0 fully saturated rings. The molecule has 116 valence electrons. The van der Waals surface area contributed by atoms with E-state index in [0.717, 1.165) is 12.0 Å². The smallest absolute Gasteiger partial charge is 0.236 e. The maximum atomic E-state index is 12.3. The monoisotopic (exact) mass is 318 g/mol. The Labute approximate surface area is 129 Å². The average molecular weight is 318 g/mol. The first-order chi connectivity index (χ1) is 10.6. The van der Waals surface area contributed by atoms with Crippen molar-refractivity contribution in [1.82, 2.24) is 19.5 Å². The summed E-state index contributed by atoms with van der Waals surface area (Å²) in [7, 11) is -3.40. The number of aryl methyl sites for hydroxylation is 2. The van der Waals surface area contributed by atoms with Crippen molar-refractivity contribution in [3.63, 3.8) is 0 Å². The van der Waals surface area contributed by atoms with E-state index in [1.54, 1.807) is 17.1 Å². The van der Waals surface area contributed by atoms with E-state index in [1.807, 2.05) is 24.3 Å². The number of nitrogens with one attached hydrogen (secondary N) is 1. The Balaban J connectivity index is 1.60. The number of hydrogen-bond acceptors (Lipinski definition) is 4. The van der Waals surface area contributed by atoms with Gasteiger partial charge in [0, 0.05) is 13.1 Å². The molecule has 0 radical (unpaired) electrons. The summed E-state index contributed by atoms with van der Waals surface area (Å²) >= 11 is 0. The summed E-state index contributed by atoms with van der Waals surface area (Å²) in [5, 5.41) is 3.98. The average Bonchev–Trinajstić information content (AvgIpc) is 3.04. The second-order valence-electron chi connectivity index (χ2n) is 5.22. The number of nitrogens with zero attached hydrogens (tertiary/aromatic N) is 3. The van der Waals surface area contributed by atoms with Crippen LogP contribution in [0.2, 0.25) is 0 Å². The zero-order valence-electron chi connectivity index (χ0n) is 12.1. The van der Waals surface area contributed by atoms with E-state index in [4.69, 9.17) is 0 Å². The predicted octanol–water partition coefficient (Wildman–Crippen LogP) is 1.57. The SMILES string of the molecule is O=S(=O)(NCCCn1cncn1)C1=Cc2ccccc2CC1. The summed E-state index contributed by atoms with van der Waals surface area (Å²) in [6.45, 7) is 1.03. The largest absolute Gasteiger partial charge is 0.253 e. The first kappa shape index (κ1) is 14.9. The summed E-state index contributed by atoms with van der Waals surface area (Å²) in [5.74, 6) is 0. The summed E-state index contributed by atoms with van der Waals surface area (Å²) in [4.78, 5) is 4.31. The minimum Gasteiger partial charge on any atom is -0.253 e. The highest BCUT2D eigenvalue weighted by Gasteiger charge is 2.20. The van der Waals surface area contributed by atoms with Crippen molar-refractivity contribution in [1.29, 1.82) is 0 Å². The number of rotatable bonds is 6. The van der Waals surface area contributed by atoms with Gasteiger partial charge in [0.2, 0.25) is 10.0 Å². The molecule has 3 rings (SSSR count). The van der Waals surface area contributed by atoms with E-state index >= 15 is 0 Å². The van der Waals surface area contributed by atoms with Gasteiger partial charge < -0.3 is 0 Å². The molecule has 0 unspecified atom stereocenters. The summed E-state index contributed by atoms with van der Waals surface area (Å²) < 4.78 is 29.0. The molecule has 1 aliphatic carbocycles. The second kappa shape index (κ2) is 6.41. The number of aromatic nitrogens is 3. The molecule has 7 heteroatoms. The standard InChI is InChI=1S/C15H18N4O2S/c20-22(21,18-8-3-9-19-12-16-11-17-19)15-7-6-13-4-1-2-5-14(13)10-15/h1-2,4-5,10-12,18H,3,6-9H2. The van der Waals surface area contributed by atoms with E-state index in [-0.39, 0.29) is 0 Å². The predicted molar refractivity (Wildman–Crippen MR) is 84.3 cm³/mol. The Morgan fingerprint density at radius 3 is 2.91 bits per heavy atom. The Hall–Kier alpha value is -1.99. The van der Waals surface area contributed by atoms with Crippen LogP contribution in [-0.4, -0.2) is 29.7 Å². The molecule has 1 N–H and O–H groups in total. The van der Waals surface area contributed by atoms with Crippen molar-refractivity contribution in [2.75, 3.05) is 6.54 Å². The number of benzene rings is 1. The first-order valence-corrected chi connectivity index (χ1v) is 8.74. The van der Waals surface area contributed by atoms with Crippen molar-refractivity contribution in [2.24, 2.45) is 0 Å². The molecule has 2 aromatic rings. The number of sulfonamides is 1. The lowest BCUT2D eigenvalue weighted by Crippen LogP contribution is -2.27. The van der Waals surface area contributed by atoms with Gasteiger partial charge in [-0.3, -0.25) is 4.68 Å². The molecular formula is C15H18N4O2S. The van der Waals surface area contributed by atoms with Gasteiger partial charge in [-0.25, -0.2) is 18.1 Å². The molecule has 0 saturated heterocycles. The minimum absolute atomic E-state index is 0.390. The third-order valence-corrected chi connectivity index (χ3v) is 5.28. The molecule has 0 amide bonds. The van der Waals surface area contributed by atoms with Crippen LogP contribution in [0.1, 0.15) is 24.0 Å². The normalized spacial score (nSPS) is 14.5. The molecular weight excluding hydrogens is 300 g/mol. The molecule has 0 spiro atoms. The van der Waals surface area contributed by atoms with Crippen molar-refractivity contribution < 1.29 is 8.42 Å². The summed E-state index contributed by atoms with van der Waals surface area (Å²) in [5.41, 5.74) is 2.20. The van der Waals surface area contributed by atoms with Gasteiger partial charge in [-0.05, 0) is 36.5 Å². The van der Waals surface area contributed by atoms with Crippen molar-refractivity contribution in [2.45, 2.75) is 25.8 Å². The van der Waals surface area contributed by atoms with Crippen LogP contribution in [0, 0.1) is 0 Å². The quantitative estimate of drug-likeness (QED) is 0.820. The molecule has 0 bridgehead atoms. The van der Waals surface area contributed by atoms with Gasteiger partial charge in [0.15, 0.2) is 0 Å². The number of hydrogen-bond donors (Lipinski definition) is 1. The van der Waals surface area contributed by atoms with Crippen LogP contribution in [0.25, 0.3) is 6.08 Å². The topological polar surface area (TPSA) is 76.9 Å². The number of allylic oxidation sites excluding steroid dienone is 1. The first-order valence-electron chi connectivity index (χ1n) is 7.26. The third-order valence-electron chi connectivity index (χ3n) is 3.68. The van der Waals surface area contributed by atoms with E-state index in [0.29, 0.717) is 30.8 Å². The van der Waals surface area contributed by atoms with E-state index in [2.05, 4.69) is 14.8 Å². The van der Waals surface area contributed by atoms with Gasteiger partial charge in [-0.15, -0.1) is 0 Å². The van der Waals surface area contributed by atoms with Crippen molar-refractivity contribution in [3.8, 4) is 0 Å². The van der Waals surface area contributed by atoms with Gasteiger partial charge in [0.25, 0.3) is 0 Å². The van der Waals surface area contributed by atoms with E-state index < -0.39 is 10.0 Å². The summed E-state index contributed by atoms with van der Waals surface area (Å²) in [6, 6.07) is 7.90. The number of fused-ring (bicyclic) bond motifs is 1. The lowest BCUT2D eigenvalue weighted by molar-refractivity contribution is 0.554. The lowest BCUT2D eigenvalue weighted by atomic mass is 9.98. The summed E-state index contributed by atoms with van der Waals surface area (Å²) in [6.07, 6.45) is 6.85. The van der Waals surface area contributed by atoms with E-state index in [9.17, 15) is 8.42 Å². The van der Waals surface area contributed by atoms with Crippen molar-refractivity contribution in [3.05, 3.63) is 53.0 Å². The molecule has 1 aromatic carbocycles. The lowest BCUT2D eigenvalue weighted by Gasteiger charge is -2.17. The van der Waals surface area contributed by atoms with Crippen molar-refractivity contribution >= 4 is 16.1 Å². The van der Waals surface area contributed by atoms with Crippen LogP contribution in [-0.2, 0) is 23.0 Å². The molecule has 22 heavy (non-hydrogen) atoms. The Kier molecular flexibility index (Phi) is 4.35. The Bertz CT molecular complexity index is 767. The zero-order valence-corrected chi connectivity index (χ0v) is 13.0. The molecule has 0 atom stereocenters. The van der Waals surface area contributed by atoms with Crippen LogP contribution in [0.5, 0.6) is 0 Å². The highest BCUT2D eigenvalue weighted by molar-refractivity contribution is 7.93. The zero-order chi connectivity index (χ0) is 15.4. The maximum Gasteiger partial charge on any atom is 0.236 e. The van der Waals surface area contributed by atoms with E-state index in [1.165, 1.54) is 11.9 Å². The fourth-order valence-corrected chi connectivity index (χ4v) is 3.76. The van der Waals surface area contributed by atoms with Crippen LogP contribution in [0.15, 0.2) is 41.8 Å². The molecule has 1 aromatic heterocycles. The van der Waals surface area contributed by atoms with Gasteiger partial charge >= 0.3 is 0 Å². The van der Waals surface area contributed by atoms with Crippen LogP contribution in [0.3, 0.4) is 0 Å². The second-order valence-corrected chi connectivity index (χ2v) is 7.04. The van der Waals surface area contributed by atoms with Gasteiger partial charge in [-0.2, -0.15) is 5.10 Å². The van der Waals surface area contributed by atoms with Gasteiger partial charge in [-0.1, -0.05) is 24.3 Å². The molecule has 0 saturated carbocycles. The Morgan fingerprint density at radius 1 is 1.23 bits per heavy atom. The highest BCUT2D eigenvalue weighted by atomic mass is 32.2. The van der Waals surface area contributed by atoms with Crippen LogP contribution in [0.4, 0.5) is 0 Å². The third kappa shape index (κ3) is 3.42. The maximum absolute atomic E-state index is 12.3. The van der Waals surface area contributed by atoms with Crippen LogP contribution >= 0.6 is 0 Å².